The highest BCUT2D eigenvalue weighted by molar-refractivity contribution is 5.57. The molecule has 0 N–H and O–H groups in total. The zero-order valence-electron chi connectivity index (χ0n) is 7.07. The molecule has 1 atom stereocenters. The molecule has 1 aromatic heterocycles. The van der Waals surface area contributed by atoms with Crippen LogP contribution in [-0.2, 0) is 0 Å². The summed E-state index contributed by atoms with van der Waals surface area (Å²) < 4.78 is 0. The molecule has 1 nitrogen and oxygen atoms in total. The number of allylic oxidation sites excluding steroid dienone is 3. The molecule has 0 saturated carbocycles. The van der Waals surface area contributed by atoms with Crippen molar-refractivity contribution in [1.29, 1.82) is 0 Å². The summed E-state index contributed by atoms with van der Waals surface area (Å²) in [4.78, 5) is 4.10. The van der Waals surface area contributed by atoms with Gasteiger partial charge in [0.1, 0.15) is 0 Å². The average Bonchev–Trinajstić information content (AvgIpc) is 2.29. The first-order valence-corrected chi connectivity index (χ1v) is 4.17. The lowest BCUT2D eigenvalue weighted by atomic mass is 9.99. The van der Waals surface area contributed by atoms with Crippen LogP contribution in [0.25, 0.3) is 6.08 Å². The molecule has 0 fully saturated rings. The van der Waals surface area contributed by atoms with E-state index in [4.69, 9.17) is 0 Å². The Morgan fingerprint density at radius 1 is 1.33 bits per heavy atom. The standard InChI is InChI=1S/C11H11N/c1-9-4-2-3-5-10-8-12-7-6-11(9)10/h2-9H,1H3/t9-/m1/s1. The highest BCUT2D eigenvalue weighted by Crippen LogP contribution is 2.23. The molecular formula is C11H11N. The van der Waals surface area contributed by atoms with E-state index in [1.165, 1.54) is 11.1 Å². The zero-order chi connectivity index (χ0) is 8.39. The molecule has 2 rings (SSSR count). The van der Waals surface area contributed by atoms with Crippen LogP contribution >= 0.6 is 0 Å². The molecule has 1 aliphatic rings. The maximum absolute atomic E-state index is 4.10. The van der Waals surface area contributed by atoms with Gasteiger partial charge < -0.3 is 0 Å². The normalized spacial score (nSPS) is 20.2. The second-order valence-electron chi connectivity index (χ2n) is 3.04. The fourth-order valence-corrected chi connectivity index (χ4v) is 1.47. The molecule has 0 aromatic carbocycles. The van der Waals surface area contributed by atoms with Gasteiger partial charge in [-0.2, -0.15) is 0 Å². The summed E-state index contributed by atoms with van der Waals surface area (Å²) in [6.45, 7) is 2.20. The number of rotatable bonds is 0. The third-order valence-corrected chi connectivity index (χ3v) is 2.16. The second kappa shape index (κ2) is 2.94. The highest BCUT2D eigenvalue weighted by Gasteiger charge is 2.06. The number of nitrogens with zero attached hydrogens (tertiary/aromatic N) is 1. The van der Waals surface area contributed by atoms with Crippen LogP contribution in [0.3, 0.4) is 0 Å². The molecule has 0 spiro atoms. The van der Waals surface area contributed by atoms with E-state index in [2.05, 4.69) is 42.3 Å². The lowest BCUT2D eigenvalue weighted by Gasteiger charge is -2.07. The van der Waals surface area contributed by atoms with E-state index >= 15 is 0 Å². The number of fused-ring (bicyclic) bond motifs is 1. The van der Waals surface area contributed by atoms with E-state index in [0.717, 1.165) is 0 Å². The third kappa shape index (κ3) is 1.18. The zero-order valence-corrected chi connectivity index (χ0v) is 7.07. The molecule has 60 valence electrons. The van der Waals surface area contributed by atoms with Crippen molar-refractivity contribution in [1.82, 2.24) is 4.98 Å². The van der Waals surface area contributed by atoms with Crippen molar-refractivity contribution in [2.24, 2.45) is 0 Å². The first-order chi connectivity index (χ1) is 5.88. The van der Waals surface area contributed by atoms with Gasteiger partial charge in [-0.15, -0.1) is 0 Å². The largest absolute Gasteiger partial charge is 0.264 e. The van der Waals surface area contributed by atoms with E-state index in [9.17, 15) is 0 Å². The lowest BCUT2D eigenvalue weighted by Crippen LogP contribution is -1.92. The molecule has 0 amide bonds. The first-order valence-electron chi connectivity index (χ1n) is 4.17. The van der Waals surface area contributed by atoms with Gasteiger partial charge in [0.25, 0.3) is 0 Å². The fourth-order valence-electron chi connectivity index (χ4n) is 1.47. The van der Waals surface area contributed by atoms with Crippen molar-refractivity contribution >= 4 is 6.08 Å². The van der Waals surface area contributed by atoms with Crippen molar-refractivity contribution < 1.29 is 0 Å². The molecule has 1 aromatic rings. The first kappa shape index (κ1) is 7.29. The van der Waals surface area contributed by atoms with Crippen LogP contribution in [0, 0.1) is 0 Å². The summed E-state index contributed by atoms with van der Waals surface area (Å²) in [5, 5.41) is 0. The highest BCUT2D eigenvalue weighted by atomic mass is 14.6. The smallest absolute Gasteiger partial charge is 0.0343 e. The van der Waals surface area contributed by atoms with Crippen molar-refractivity contribution in [2.75, 3.05) is 0 Å². The number of hydrogen-bond acceptors (Lipinski definition) is 1. The van der Waals surface area contributed by atoms with Crippen LogP contribution in [0.5, 0.6) is 0 Å². The summed E-state index contributed by atoms with van der Waals surface area (Å²) in [5.74, 6) is 0.498. The molecule has 12 heavy (non-hydrogen) atoms. The molecule has 1 aliphatic carbocycles. The van der Waals surface area contributed by atoms with Crippen molar-refractivity contribution in [3.05, 3.63) is 47.8 Å². The maximum atomic E-state index is 4.10. The third-order valence-electron chi connectivity index (χ3n) is 2.16. The van der Waals surface area contributed by atoms with E-state index in [1.54, 1.807) is 0 Å². The maximum Gasteiger partial charge on any atom is 0.0343 e. The van der Waals surface area contributed by atoms with Crippen LogP contribution in [-0.4, -0.2) is 4.98 Å². The van der Waals surface area contributed by atoms with Gasteiger partial charge >= 0.3 is 0 Å². The monoisotopic (exact) mass is 157 g/mol. The van der Waals surface area contributed by atoms with Gasteiger partial charge in [-0.3, -0.25) is 4.98 Å². The van der Waals surface area contributed by atoms with Gasteiger partial charge in [0.05, 0.1) is 0 Å². The van der Waals surface area contributed by atoms with E-state index in [-0.39, 0.29) is 0 Å². The Morgan fingerprint density at radius 2 is 2.25 bits per heavy atom. The minimum atomic E-state index is 0.498. The quantitative estimate of drug-likeness (QED) is 0.564. The average molecular weight is 157 g/mol. The SMILES string of the molecule is C[C@@H]1C=CC=Cc2cnccc21. The Kier molecular flexibility index (Phi) is 1.78. The molecular weight excluding hydrogens is 146 g/mol. The van der Waals surface area contributed by atoms with Crippen LogP contribution in [0.1, 0.15) is 24.0 Å². The minimum Gasteiger partial charge on any atom is -0.264 e. The van der Waals surface area contributed by atoms with Gasteiger partial charge in [0.15, 0.2) is 0 Å². The van der Waals surface area contributed by atoms with Crippen molar-refractivity contribution in [3.8, 4) is 0 Å². The van der Waals surface area contributed by atoms with Crippen LogP contribution < -0.4 is 0 Å². The Hall–Kier alpha value is -1.37. The molecule has 1 heteroatoms. The summed E-state index contributed by atoms with van der Waals surface area (Å²) in [5.41, 5.74) is 2.59. The number of aromatic nitrogens is 1. The molecule has 0 radical (unpaired) electrons. The van der Waals surface area contributed by atoms with Crippen LogP contribution in [0.4, 0.5) is 0 Å². The minimum absolute atomic E-state index is 0.498. The second-order valence-corrected chi connectivity index (χ2v) is 3.04. The van der Waals surface area contributed by atoms with Gasteiger partial charge in [-0.25, -0.2) is 0 Å². The molecule has 1 heterocycles. The summed E-state index contributed by atoms with van der Waals surface area (Å²) >= 11 is 0. The van der Waals surface area contributed by atoms with Gasteiger partial charge in [-0.1, -0.05) is 31.2 Å². The Morgan fingerprint density at radius 3 is 3.17 bits per heavy atom. The Bertz CT molecular complexity index is 337. The Labute approximate surface area is 72.5 Å². The molecule has 0 unspecified atom stereocenters. The molecule has 0 aliphatic heterocycles. The summed E-state index contributed by atoms with van der Waals surface area (Å²) in [6, 6.07) is 2.08. The molecule has 0 bridgehead atoms. The van der Waals surface area contributed by atoms with Gasteiger partial charge in [0, 0.05) is 12.4 Å². The van der Waals surface area contributed by atoms with Crippen molar-refractivity contribution in [3.63, 3.8) is 0 Å². The fraction of sp³-hybridized carbons (Fsp3) is 0.182. The predicted molar refractivity (Wildman–Crippen MR) is 50.8 cm³/mol. The van der Waals surface area contributed by atoms with Gasteiger partial charge in [-0.05, 0) is 23.1 Å². The van der Waals surface area contributed by atoms with Crippen molar-refractivity contribution in [2.45, 2.75) is 12.8 Å². The van der Waals surface area contributed by atoms with E-state index in [0.29, 0.717) is 5.92 Å². The summed E-state index contributed by atoms with van der Waals surface area (Å²) in [7, 11) is 0. The molecule has 0 saturated heterocycles. The van der Waals surface area contributed by atoms with Gasteiger partial charge in [0.2, 0.25) is 0 Å². The lowest BCUT2D eigenvalue weighted by molar-refractivity contribution is 0.959. The van der Waals surface area contributed by atoms with E-state index in [1.807, 2.05) is 12.4 Å². The van der Waals surface area contributed by atoms with E-state index < -0.39 is 0 Å². The Balaban J connectivity index is 2.56. The number of hydrogen-bond donors (Lipinski definition) is 0. The van der Waals surface area contributed by atoms with Crippen LogP contribution in [0.15, 0.2) is 36.7 Å². The number of pyridine rings is 1. The predicted octanol–water partition coefficient (Wildman–Crippen LogP) is 2.77. The topological polar surface area (TPSA) is 12.9 Å². The summed E-state index contributed by atoms with van der Waals surface area (Å²) in [6.07, 6.45) is 12.2. The van der Waals surface area contributed by atoms with Crippen LogP contribution in [0.2, 0.25) is 0 Å².